The van der Waals surface area contributed by atoms with Crippen LogP contribution in [0.2, 0.25) is 0 Å². The van der Waals surface area contributed by atoms with Crippen molar-refractivity contribution < 1.29 is 27.2 Å². The normalized spacial score (nSPS) is 14.8. The Bertz CT molecular complexity index is 1200. The molecule has 1 aliphatic rings. The number of benzene rings is 2. The molecule has 0 radical (unpaired) electrons. The Hall–Kier alpha value is -3.83. The standard InChI is InChI=1S/C22H20F4N6O2/c1-13-28-29-30-32(13)19-12-17(6-7-18(19)23)27-20(33)14-8-10-31(11-9-14)21(34)15-2-4-16(5-3-15)22(24,25)26/h2-7,12,14H,8-11H2,1H3,(H,27,33). The van der Waals surface area contributed by atoms with Gasteiger partial charge in [-0.1, -0.05) is 0 Å². The molecule has 3 aromatic rings. The van der Waals surface area contributed by atoms with Crippen LogP contribution in [0, 0.1) is 18.7 Å². The molecular formula is C22H20F4N6O2. The summed E-state index contributed by atoms with van der Waals surface area (Å²) in [5.74, 6) is -1.20. The summed E-state index contributed by atoms with van der Waals surface area (Å²) in [4.78, 5) is 26.9. The molecular weight excluding hydrogens is 456 g/mol. The molecule has 0 spiro atoms. The average molecular weight is 476 g/mol. The van der Waals surface area contributed by atoms with Gasteiger partial charge in [-0.15, -0.1) is 5.10 Å². The van der Waals surface area contributed by atoms with Gasteiger partial charge in [0.2, 0.25) is 5.91 Å². The van der Waals surface area contributed by atoms with Crippen molar-refractivity contribution in [3.63, 3.8) is 0 Å². The van der Waals surface area contributed by atoms with Gasteiger partial charge in [-0.2, -0.15) is 17.9 Å². The van der Waals surface area contributed by atoms with Crippen LogP contribution < -0.4 is 5.32 Å². The van der Waals surface area contributed by atoms with Gasteiger partial charge in [0.05, 0.1) is 5.56 Å². The predicted octanol–water partition coefficient (Wildman–Crippen LogP) is 3.62. The zero-order chi connectivity index (χ0) is 24.5. The molecule has 1 saturated heterocycles. The van der Waals surface area contributed by atoms with Crippen LogP contribution in [0.3, 0.4) is 0 Å². The maximum Gasteiger partial charge on any atom is 0.416 e. The third-order valence-electron chi connectivity index (χ3n) is 5.68. The number of carbonyl (C=O) groups excluding carboxylic acids is 2. The predicted molar refractivity (Wildman–Crippen MR) is 113 cm³/mol. The number of aryl methyl sites for hydroxylation is 1. The summed E-state index contributed by atoms with van der Waals surface area (Å²) in [5.41, 5.74) is -0.192. The zero-order valence-corrected chi connectivity index (χ0v) is 18.0. The molecule has 1 fully saturated rings. The number of anilines is 1. The number of rotatable bonds is 4. The van der Waals surface area contributed by atoms with E-state index in [1.807, 2.05) is 0 Å². The number of aromatic nitrogens is 4. The van der Waals surface area contributed by atoms with Crippen molar-refractivity contribution in [2.24, 2.45) is 5.92 Å². The van der Waals surface area contributed by atoms with Crippen LogP contribution in [0.5, 0.6) is 0 Å². The fourth-order valence-corrected chi connectivity index (χ4v) is 3.78. The molecule has 8 nitrogen and oxygen atoms in total. The summed E-state index contributed by atoms with van der Waals surface area (Å²) >= 11 is 0. The van der Waals surface area contributed by atoms with Crippen LogP contribution in [0.15, 0.2) is 42.5 Å². The molecule has 2 aromatic carbocycles. The molecule has 1 aromatic heterocycles. The lowest BCUT2D eigenvalue weighted by Crippen LogP contribution is -2.41. The summed E-state index contributed by atoms with van der Waals surface area (Å²) in [5, 5.41) is 13.7. The van der Waals surface area contributed by atoms with E-state index in [4.69, 9.17) is 0 Å². The largest absolute Gasteiger partial charge is 0.416 e. The first kappa shape index (κ1) is 23.3. The van der Waals surface area contributed by atoms with Crippen molar-refractivity contribution in [2.45, 2.75) is 25.9 Å². The average Bonchev–Trinajstić information content (AvgIpc) is 3.25. The monoisotopic (exact) mass is 476 g/mol. The topological polar surface area (TPSA) is 93.0 Å². The Balaban J connectivity index is 1.36. The zero-order valence-electron chi connectivity index (χ0n) is 18.0. The van der Waals surface area contributed by atoms with Gasteiger partial charge < -0.3 is 10.2 Å². The fraction of sp³-hybridized carbons (Fsp3) is 0.318. The quantitative estimate of drug-likeness (QED) is 0.581. The first-order chi connectivity index (χ1) is 16.1. The molecule has 2 heterocycles. The lowest BCUT2D eigenvalue weighted by atomic mass is 9.95. The summed E-state index contributed by atoms with van der Waals surface area (Å²) < 4.78 is 53.6. The van der Waals surface area contributed by atoms with E-state index in [9.17, 15) is 27.2 Å². The van der Waals surface area contributed by atoms with Crippen LogP contribution in [0.1, 0.15) is 34.6 Å². The van der Waals surface area contributed by atoms with E-state index in [0.717, 1.165) is 24.3 Å². The minimum absolute atomic E-state index is 0.0947. The van der Waals surface area contributed by atoms with Gasteiger partial charge in [-0.05, 0) is 72.7 Å². The molecule has 0 unspecified atom stereocenters. The van der Waals surface area contributed by atoms with Gasteiger partial charge in [0.1, 0.15) is 11.5 Å². The number of amides is 2. The van der Waals surface area contributed by atoms with E-state index in [1.165, 1.54) is 27.8 Å². The van der Waals surface area contributed by atoms with Crippen LogP contribution in [-0.4, -0.2) is 50.0 Å². The Morgan fingerprint density at radius 3 is 2.32 bits per heavy atom. The summed E-state index contributed by atoms with van der Waals surface area (Å²) in [6.07, 6.45) is -3.69. The second-order valence-electron chi connectivity index (χ2n) is 7.93. The smallest absolute Gasteiger partial charge is 0.339 e. The van der Waals surface area contributed by atoms with Crippen LogP contribution >= 0.6 is 0 Å². The molecule has 34 heavy (non-hydrogen) atoms. The van der Waals surface area contributed by atoms with Gasteiger partial charge in [-0.25, -0.2) is 4.39 Å². The molecule has 12 heteroatoms. The Labute approximate surface area is 191 Å². The maximum absolute atomic E-state index is 14.2. The first-order valence-corrected chi connectivity index (χ1v) is 10.5. The first-order valence-electron chi connectivity index (χ1n) is 10.5. The minimum atomic E-state index is -4.47. The summed E-state index contributed by atoms with van der Waals surface area (Å²) in [6.45, 7) is 2.19. The highest BCUT2D eigenvalue weighted by atomic mass is 19.4. The number of halogens is 4. The van der Waals surface area contributed by atoms with Crippen molar-refractivity contribution in [3.8, 4) is 5.69 Å². The summed E-state index contributed by atoms with van der Waals surface area (Å²) in [7, 11) is 0. The lowest BCUT2D eigenvalue weighted by molar-refractivity contribution is -0.137. The van der Waals surface area contributed by atoms with Crippen LogP contribution in [0.4, 0.5) is 23.2 Å². The van der Waals surface area contributed by atoms with Crippen molar-refractivity contribution in [1.82, 2.24) is 25.1 Å². The van der Waals surface area contributed by atoms with E-state index in [-0.39, 0.29) is 42.1 Å². The fourth-order valence-electron chi connectivity index (χ4n) is 3.78. The number of likely N-dealkylation sites (tertiary alicyclic amines) is 1. The number of nitrogens with one attached hydrogen (secondary N) is 1. The number of nitrogens with zero attached hydrogens (tertiary/aromatic N) is 5. The van der Waals surface area contributed by atoms with E-state index in [1.54, 1.807) is 6.92 Å². The molecule has 0 saturated carbocycles. The van der Waals surface area contributed by atoms with Crippen molar-refractivity contribution >= 4 is 17.5 Å². The Morgan fingerprint density at radius 1 is 1.06 bits per heavy atom. The maximum atomic E-state index is 14.2. The highest BCUT2D eigenvalue weighted by molar-refractivity contribution is 5.95. The molecule has 0 aliphatic carbocycles. The molecule has 0 atom stereocenters. The Morgan fingerprint density at radius 2 is 1.74 bits per heavy atom. The van der Waals surface area contributed by atoms with Crippen molar-refractivity contribution in [3.05, 3.63) is 65.2 Å². The lowest BCUT2D eigenvalue weighted by Gasteiger charge is -2.31. The third kappa shape index (κ3) is 4.90. The van der Waals surface area contributed by atoms with Gasteiger partial charge >= 0.3 is 6.18 Å². The second kappa shape index (κ2) is 9.20. The van der Waals surface area contributed by atoms with Gasteiger partial charge in [0.25, 0.3) is 5.91 Å². The highest BCUT2D eigenvalue weighted by Gasteiger charge is 2.31. The van der Waals surface area contributed by atoms with Crippen molar-refractivity contribution in [2.75, 3.05) is 18.4 Å². The molecule has 1 N–H and O–H groups in total. The number of hydrogen-bond donors (Lipinski definition) is 1. The third-order valence-corrected chi connectivity index (χ3v) is 5.68. The number of alkyl halides is 3. The molecule has 1 aliphatic heterocycles. The summed E-state index contributed by atoms with van der Waals surface area (Å²) in [6, 6.07) is 8.13. The van der Waals surface area contributed by atoms with Crippen LogP contribution in [-0.2, 0) is 11.0 Å². The molecule has 0 bridgehead atoms. The molecule has 4 rings (SSSR count). The van der Waals surface area contributed by atoms with E-state index >= 15 is 0 Å². The van der Waals surface area contributed by atoms with Crippen molar-refractivity contribution in [1.29, 1.82) is 0 Å². The molecule has 2 amide bonds. The number of carbonyl (C=O) groups is 2. The van der Waals surface area contributed by atoms with E-state index in [2.05, 4.69) is 20.8 Å². The van der Waals surface area contributed by atoms with Gasteiger partial charge in [0.15, 0.2) is 5.82 Å². The second-order valence-corrected chi connectivity index (χ2v) is 7.93. The minimum Gasteiger partial charge on any atom is -0.339 e. The number of piperidine rings is 1. The van der Waals surface area contributed by atoms with Crippen LogP contribution in [0.25, 0.3) is 5.69 Å². The number of tetrazole rings is 1. The van der Waals surface area contributed by atoms with Gasteiger partial charge in [0, 0.05) is 30.3 Å². The van der Waals surface area contributed by atoms with E-state index in [0.29, 0.717) is 24.4 Å². The molecule has 178 valence electrons. The highest BCUT2D eigenvalue weighted by Crippen LogP contribution is 2.29. The number of hydrogen-bond acceptors (Lipinski definition) is 5. The van der Waals surface area contributed by atoms with E-state index < -0.39 is 17.6 Å². The van der Waals surface area contributed by atoms with Gasteiger partial charge in [-0.3, -0.25) is 9.59 Å². The SMILES string of the molecule is Cc1nnnn1-c1cc(NC(=O)C2CCN(C(=O)c3ccc(C(F)(F)F)cc3)CC2)ccc1F. The Kier molecular flexibility index (Phi) is 6.31.